The van der Waals surface area contributed by atoms with Crippen molar-refractivity contribution < 1.29 is 9.21 Å². The van der Waals surface area contributed by atoms with Gasteiger partial charge in [-0.15, -0.1) is 0 Å². The molecule has 0 aliphatic carbocycles. The van der Waals surface area contributed by atoms with Gasteiger partial charge in [0.1, 0.15) is 0 Å². The van der Waals surface area contributed by atoms with Crippen LogP contribution in [0.1, 0.15) is 31.3 Å². The first kappa shape index (κ1) is 13.3. The lowest BCUT2D eigenvalue weighted by Crippen LogP contribution is -2.55. The standard InChI is InChI=1S/C11H17BrN2O2/c1-7(2)11(3,6-13)14-10(15)9-8(12)4-5-16-9/h4-5,7H,6,13H2,1-3H3,(H,14,15). The third kappa shape index (κ3) is 2.65. The molecule has 1 unspecified atom stereocenters. The summed E-state index contributed by atoms with van der Waals surface area (Å²) >= 11 is 3.25. The molecule has 1 aromatic rings. The second-order valence-corrected chi connectivity index (χ2v) is 5.18. The maximum Gasteiger partial charge on any atom is 0.288 e. The van der Waals surface area contributed by atoms with E-state index in [4.69, 9.17) is 10.2 Å². The predicted octanol–water partition coefficient (Wildman–Crippen LogP) is 2.15. The number of carbonyl (C=O) groups excluding carboxylic acids is 1. The Kier molecular flexibility index (Phi) is 4.15. The Labute approximate surface area is 104 Å². The first-order chi connectivity index (χ1) is 7.40. The lowest BCUT2D eigenvalue weighted by Gasteiger charge is -2.33. The van der Waals surface area contributed by atoms with Crippen LogP contribution in [0, 0.1) is 5.92 Å². The Hall–Kier alpha value is -0.810. The third-order valence-corrected chi connectivity index (χ3v) is 3.55. The first-order valence-corrected chi connectivity index (χ1v) is 5.95. The van der Waals surface area contributed by atoms with Gasteiger partial charge in [-0.3, -0.25) is 4.79 Å². The minimum absolute atomic E-state index is 0.246. The Morgan fingerprint density at radius 2 is 2.31 bits per heavy atom. The van der Waals surface area contributed by atoms with Crippen LogP contribution in [0.4, 0.5) is 0 Å². The molecule has 0 aromatic carbocycles. The average Bonchev–Trinajstić information content (AvgIpc) is 2.64. The molecule has 1 heterocycles. The molecular weight excluding hydrogens is 272 g/mol. The topological polar surface area (TPSA) is 68.3 Å². The monoisotopic (exact) mass is 288 g/mol. The fraction of sp³-hybridized carbons (Fsp3) is 0.545. The van der Waals surface area contributed by atoms with E-state index >= 15 is 0 Å². The Morgan fingerprint density at radius 1 is 1.69 bits per heavy atom. The van der Waals surface area contributed by atoms with Gasteiger partial charge in [-0.05, 0) is 34.8 Å². The summed E-state index contributed by atoms with van der Waals surface area (Å²) < 4.78 is 5.74. The van der Waals surface area contributed by atoms with E-state index in [1.54, 1.807) is 6.07 Å². The molecule has 0 saturated heterocycles. The predicted molar refractivity (Wildman–Crippen MR) is 66.2 cm³/mol. The van der Waals surface area contributed by atoms with Gasteiger partial charge in [0.25, 0.3) is 5.91 Å². The summed E-state index contributed by atoms with van der Waals surface area (Å²) in [6.45, 7) is 6.34. The lowest BCUT2D eigenvalue weighted by atomic mass is 9.88. The molecular formula is C11H17BrN2O2. The molecule has 0 spiro atoms. The summed E-state index contributed by atoms with van der Waals surface area (Å²) in [5.74, 6) is 0.272. The average molecular weight is 289 g/mol. The fourth-order valence-corrected chi connectivity index (χ4v) is 1.58. The van der Waals surface area contributed by atoms with Gasteiger partial charge >= 0.3 is 0 Å². The van der Waals surface area contributed by atoms with Gasteiger partial charge < -0.3 is 15.5 Å². The van der Waals surface area contributed by atoms with Crippen LogP contribution in [0.25, 0.3) is 0 Å². The highest BCUT2D eigenvalue weighted by Gasteiger charge is 2.30. The normalized spacial score (nSPS) is 14.9. The summed E-state index contributed by atoms with van der Waals surface area (Å²) in [7, 11) is 0. The van der Waals surface area contributed by atoms with Gasteiger partial charge in [-0.2, -0.15) is 0 Å². The smallest absolute Gasteiger partial charge is 0.288 e. The van der Waals surface area contributed by atoms with Crippen LogP contribution in [0.2, 0.25) is 0 Å². The molecule has 1 amide bonds. The zero-order valence-corrected chi connectivity index (χ0v) is 11.3. The van der Waals surface area contributed by atoms with E-state index in [1.807, 2.05) is 20.8 Å². The van der Waals surface area contributed by atoms with Crippen LogP contribution in [0.5, 0.6) is 0 Å². The molecule has 0 fully saturated rings. The second kappa shape index (κ2) is 5.01. The largest absolute Gasteiger partial charge is 0.458 e. The number of nitrogens with two attached hydrogens (primary N) is 1. The number of halogens is 1. The van der Waals surface area contributed by atoms with Gasteiger partial charge in [-0.25, -0.2) is 0 Å². The molecule has 0 radical (unpaired) electrons. The van der Waals surface area contributed by atoms with E-state index in [1.165, 1.54) is 6.26 Å². The van der Waals surface area contributed by atoms with E-state index in [9.17, 15) is 4.79 Å². The van der Waals surface area contributed by atoms with Crippen LogP contribution in [0.15, 0.2) is 21.2 Å². The molecule has 1 aromatic heterocycles. The quantitative estimate of drug-likeness (QED) is 0.892. The Bertz CT molecular complexity index is 376. The molecule has 1 rings (SSSR count). The van der Waals surface area contributed by atoms with Crippen LogP contribution >= 0.6 is 15.9 Å². The number of rotatable bonds is 4. The van der Waals surface area contributed by atoms with Gasteiger partial charge in [0.15, 0.2) is 0 Å². The molecule has 0 bridgehead atoms. The molecule has 1 atom stereocenters. The van der Waals surface area contributed by atoms with Crippen LogP contribution in [-0.4, -0.2) is 18.0 Å². The van der Waals surface area contributed by atoms with E-state index < -0.39 is 5.54 Å². The molecule has 0 aliphatic rings. The highest BCUT2D eigenvalue weighted by Crippen LogP contribution is 2.20. The van der Waals surface area contributed by atoms with E-state index in [2.05, 4.69) is 21.2 Å². The Balaban J connectivity index is 2.82. The molecule has 5 heteroatoms. The molecule has 4 nitrogen and oxygen atoms in total. The zero-order chi connectivity index (χ0) is 12.3. The van der Waals surface area contributed by atoms with Crippen LogP contribution in [0.3, 0.4) is 0 Å². The van der Waals surface area contributed by atoms with E-state index in [-0.39, 0.29) is 17.6 Å². The minimum Gasteiger partial charge on any atom is -0.458 e. The number of hydrogen-bond donors (Lipinski definition) is 2. The zero-order valence-electron chi connectivity index (χ0n) is 9.71. The van der Waals surface area contributed by atoms with Crippen molar-refractivity contribution in [2.24, 2.45) is 11.7 Å². The SMILES string of the molecule is CC(C)C(C)(CN)NC(=O)c1occc1Br. The Morgan fingerprint density at radius 3 is 2.69 bits per heavy atom. The summed E-state index contributed by atoms with van der Waals surface area (Å²) in [5, 5.41) is 2.90. The lowest BCUT2D eigenvalue weighted by molar-refractivity contribution is 0.0853. The fourth-order valence-electron chi connectivity index (χ4n) is 1.20. The summed E-state index contributed by atoms with van der Waals surface area (Å²) in [6.07, 6.45) is 1.47. The number of hydrogen-bond acceptors (Lipinski definition) is 3. The van der Waals surface area contributed by atoms with Crippen molar-refractivity contribution in [2.45, 2.75) is 26.3 Å². The van der Waals surface area contributed by atoms with Crippen LogP contribution in [-0.2, 0) is 0 Å². The molecule has 90 valence electrons. The van der Waals surface area contributed by atoms with E-state index in [0.717, 1.165) is 0 Å². The van der Waals surface area contributed by atoms with Crippen molar-refractivity contribution in [3.8, 4) is 0 Å². The molecule has 0 saturated carbocycles. The maximum atomic E-state index is 11.9. The third-order valence-electron chi connectivity index (χ3n) is 2.92. The van der Waals surface area contributed by atoms with Gasteiger partial charge in [0, 0.05) is 6.54 Å². The van der Waals surface area contributed by atoms with Crippen molar-refractivity contribution in [3.63, 3.8) is 0 Å². The number of furan rings is 1. The summed E-state index contributed by atoms with van der Waals surface area (Å²) in [6, 6.07) is 1.68. The summed E-state index contributed by atoms with van der Waals surface area (Å²) in [4.78, 5) is 11.9. The number of amides is 1. The van der Waals surface area contributed by atoms with Crippen molar-refractivity contribution in [3.05, 3.63) is 22.6 Å². The second-order valence-electron chi connectivity index (χ2n) is 4.33. The summed E-state index contributed by atoms with van der Waals surface area (Å²) in [5.41, 5.74) is 5.26. The molecule has 3 N–H and O–H groups in total. The van der Waals surface area contributed by atoms with Gasteiger partial charge in [0.2, 0.25) is 5.76 Å². The maximum absolute atomic E-state index is 11.9. The van der Waals surface area contributed by atoms with Gasteiger partial charge in [-0.1, -0.05) is 13.8 Å². The van der Waals surface area contributed by atoms with Crippen molar-refractivity contribution in [1.82, 2.24) is 5.32 Å². The highest BCUT2D eigenvalue weighted by atomic mass is 79.9. The number of carbonyl (C=O) groups is 1. The minimum atomic E-state index is -0.427. The first-order valence-electron chi connectivity index (χ1n) is 5.16. The van der Waals surface area contributed by atoms with E-state index in [0.29, 0.717) is 11.0 Å². The molecule has 16 heavy (non-hydrogen) atoms. The highest BCUT2D eigenvalue weighted by molar-refractivity contribution is 9.10. The van der Waals surface area contributed by atoms with Gasteiger partial charge in [0.05, 0.1) is 16.3 Å². The van der Waals surface area contributed by atoms with Crippen LogP contribution < -0.4 is 11.1 Å². The van der Waals surface area contributed by atoms with Crippen molar-refractivity contribution in [2.75, 3.05) is 6.54 Å². The molecule has 0 aliphatic heterocycles. The van der Waals surface area contributed by atoms with Crippen molar-refractivity contribution in [1.29, 1.82) is 0 Å². The number of nitrogens with one attached hydrogen (secondary N) is 1. The van der Waals surface area contributed by atoms with Crippen molar-refractivity contribution >= 4 is 21.8 Å².